The third kappa shape index (κ3) is 3.27. The van der Waals surface area contributed by atoms with E-state index in [1.54, 1.807) is 13.0 Å². The Morgan fingerprint density at radius 3 is 2.90 bits per heavy atom. The predicted molar refractivity (Wildman–Crippen MR) is 85.0 cm³/mol. The maximum absolute atomic E-state index is 13.5. The van der Waals surface area contributed by atoms with Gasteiger partial charge in [0.15, 0.2) is 0 Å². The largest absolute Gasteiger partial charge is 0.493 e. The van der Waals surface area contributed by atoms with Gasteiger partial charge in [-0.25, -0.2) is 4.39 Å². The Bertz CT molecular complexity index is 672. The summed E-state index contributed by atoms with van der Waals surface area (Å²) in [4.78, 5) is 0. The summed E-state index contributed by atoms with van der Waals surface area (Å²) < 4.78 is 20.3. The topological polar surface area (TPSA) is 21.3 Å². The quantitative estimate of drug-likeness (QED) is 0.896. The molecule has 0 radical (unpaired) electrons. The van der Waals surface area contributed by atoms with Crippen LogP contribution in [0.25, 0.3) is 0 Å². The van der Waals surface area contributed by atoms with Gasteiger partial charge in [0.05, 0.1) is 6.61 Å². The number of hydrogen-bond acceptors (Lipinski definition) is 2. The Kier molecular flexibility index (Phi) is 4.27. The smallest absolute Gasteiger partial charge is 0.127 e. The second-order valence-corrected chi connectivity index (χ2v) is 6.25. The predicted octanol–water partition coefficient (Wildman–Crippen LogP) is 4.12. The van der Waals surface area contributed by atoms with E-state index < -0.39 is 0 Å². The maximum Gasteiger partial charge on any atom is 0.127 e. The molecule has 0 aromatic heterocycles. The molecule has 0 spiro atoms. The standard InChI is InChI=1S/C17H17BrFNO/c1-11-2-3-12(6-16(11)19)9-20-10-14-8-15(18)7-13-4-5-21-17(13)14/h2-3,6-8,20H,4-5,9-10H2,1H3. The fourth-order valence-electron chi connectivity index (χ4n) is 2.57. The van der Waals surface area contributed by atoms with E-state index >= 15 is 0 Å². The Morgan fingerprint density at radius 2 is 2.10 bits per heavy atom. The van der Waals surface area contributed by atoms with E-state index in [1.807, 2.05) is 12.1 Å². The minimum absolute atomic E-state index is 0.152. The van der Waals surface area contributed by atoms with Crippen LogP contribution < -0.4 is 10.1 Å². The molecular formula is C17H17BrFNO. The highest BCUT2D eigenvalue weighted by Crippen LogP contribution is 2.32. The summed E-state index contributed by atoms with van der Waals surface area (Å²) in [6.45, 7) is 3.87. The van der Waals surface area contributed by atoms with Crippen LogP contribution in [0.2, 0.25) is 0 Å². The summed E-state index contributed by atoms with van der Waals surface area (Å²) >= 11 is 3.54. The van der Waals surface area contributed by atoms with E-state index in [0.717, 1.165) is 34.4 Å². The van der Waals surface area contributed by atoms with Gasteiger partial charge in [-0.3, -0.25) is 0 Å². The number of ether oxygens (including phenoxy) is 1. The Hall–Kier alpha value is -1.39. The van der Waals surface area contributed by atoms with E-state index in [2.05, 4.69) is 33.4 Å². The minimum atomic E-state index is -0.152. The lowest BCUT2D eigenvalue weighted by atomic mass is 10.1. The second-order valence-electron chi connectivity index (χ2n) is 5.34. The van der Waals surface area contributed by atoms with Gasteiger partial charge in [0, 0.05) is 29.5 Å². The van der Waals surface area contributed by atoms with Crippen molar-refractivity contribution in [2.45, 2.75) is 26.4 Å². The molecule has 21 heavy (non-hydrogen) atoms. The first-order chi connectivity index (χ1) is 10.1. The van der Waals surface area contributed by atoms with Crippen molar-refractivity contribution in [1.29, 1.82) is 0 Å². The van der Waals surface area contributed by atoms with Crippen LogP contribution in [0.15, 0.2) is 34.8 Å². The zero-order valence-corrected chi connectivity index (χ0v) is 13.5. The second kappa shape index (κ2) is 6.16. The molecule has 0 bridgehead atoms. The van der Waals surface area contributed by atoms with E-state index in [4.69, 9.17) is 4.74 Å². The SMILES string of the molecule is Cc1ccc(CNCc2cc(Br)cc3c2OCC3)cc1F. The van der Waals surface area contributed by atoms with Gasteiger partial charge in [0.25, 0.3) is 0 Å². The van der Waals surface area contributed by atoms with Gasteiger partial charge in [0.1, 0.15) is 11.6 Å². The molecule has 2 aromatic rings. The lowest BCUT2D eigenvalue weighted by molar-refractivity contribution is 0.352. The van der Waals surface area contributed by atoms with Crippen molar-refractivity contribution in [2.24, 2.45) is 0 Å². The summed E-state index contributed by atoms with van der Waals surface area (Å²) in [5.74, 6) is 0.849. The highest BCUT2D eigenvalue weighted by atomic mass is 79.9. The van der Waals surface area contributed by atoms with Crippen molar-refractivity contribution < 1.29 is 9.13 Å². The van der Waals surface area contributed by atoms with Crippen LogP contribution in [0.3, 0.4) is 0 Å². The molecule has 1 aliphatic rings. The van der Waals surface area contributed by atoms with E-state index in [9.17, 15) is 4.39 Å². The summed E-state index contributed by atoms with van der Waals surface area (Å²) in [5, 5.41) is 3.35. The van der Waals surface area contributed by atoms with Crippen LogP contribution in [-0.4, -0.2) is 6.61 Å². The average Bonchev–Trinajstić information content (AvgIpc) is 2.91. The van der Waals surface area contributed by atoms with E-state index in [-0.39, 0.29) is 5.82 Å². The summed E-state index contributed by atoms with van der Waals surface area (Å²) in [6.07, 6.45) is 0.963. The van der Waals surface area contributed by atoms with Crippen LogP contribution in [-0.2, 0) is 19.5 Å². The van der Waals surface area contributed by atoms with Crippen LogP contribution in [0.4, 0.5) is 4.39 Å². The van der Waals surface area contributed by atoms with Crippen molar-refractivity contribution in [1.82, 2.24) is 5.32 Å². The van der Waals surface area contributed by atoms with Crippen molar-refractivity contribution in [3.63, 3.8) is 0 Å². The van der Waals surface area contributed by atoms with Crippen LogP contribution >= 0.6 is 15.9 Å². The fraction of sp³-hybridized carbons (Fsp3) is 0.294. The molecule has 0 atom stereocenters. The van der Waals surface area contributed by atoms with Crippen LogP contribution in [0, 0.1) is 12.7 Å². The zero-order valence-electron chi connectivity index (χ0n) is 11.9. The molecule has 4 heteroatoms. The lowest BCUT2D eigenvalue weighted by Crippen LogP contribution is -2.13. The van der Waals surface area contributed by atoms with Crippen LogP contribution in [0.1, 0.15) is 22.3 Å². The van der Waals surface area contributed by atoms with E-state index in [1.165, 1.54) is 5.56 Å². The van der Waals surface area contributed by atoms with E-state index in [0.29, 0.717) is 18.7 Å². The number of fused-ring (bicyclic) bond motifs is 1. The number of halogens is 2. The van der Waals surface area contributed by atoms with Crippen molar-refractivity contribution in [3.8, 4) is 5.75 Å². The van der Waals surface area contributed by atoms with Crippen molar-refractivity contribution in [3.05, 3.63) is 62.9 Å². The number of hydrogen-bond donors (Lipinski definition) is 1. The summed E-state index contributed by atoms with van der Waals surface area (Å²) in [5.41, 5.74) is 4.02. The summed E-state index contributed by atoms with van der Waals surface area (Å²) in [6, 6.07) is 9.54. The monoisotopic (exact) mass is 349 g/mol. The number of benzene rings is 2. The molecule has 0 saturated carbocycles. The Labute approximate surface area is 132 Å². The zero-order chi connectivity index (χ0) is 14.8. The highest BCUT2D eigenvalue weighted by molar-refractivity contribution is 9.10. The maximum atomic E-state index is 13.5. The first kappa shape index (κ1) is 14.5. The molecule has 2 aromatic carbocycles. The first-order valence-electron chi connectivity index (χ1n) is 7.03. The highest BCUT2D eigenvalue weighted by Gasteiger charge is 2.17. The normalized spacial score (nSPS) is 13.1. The van der Waals surface area contributed by atoms with Gasteiger partial charge >= 0.3 is 0 Å². The summed E-state index contributed by atoms with van der Waals surface area (Å²) in [7, 11) is 0. The fourth-order valence-corrected chi connectivity index (χ4v) is 3.12. The molecule has 2 nitrogen and oxygen atoms in total. The van der Waals surface area contributed by atoms with Gasteiger partial charge in [-0.05, 0) is 41.8 Å². The average molecular weight is 350 g/mol. The third-order valence-electron chi connectivity index (χ3n) is 3.71. The molecule has 0 saturated heterocycles. The molecule has 110 valence electrons. The number of rotatable bonds is 4. The van der Waals surface area contributed by atoms with Gasteiger partial charge < -0.3 is 10.1 Å². The van der Waals surface area contributed by atoms with Gasteiger partial charge in [-0.1, -0.05) is 28.1 Å². The first-order valence-corrected chi connectivity index (χ1v) is 7.82. The molecule has 0 aliphatic carbocycles. The Morgan fingerprint density at radius 1 is 1.24 bits per heavy atom. The molecule has 0 fully saturated rings. The van der Waals surface area contributed by atoms with Crippen molar-refractivity contribution in [2.75, 3.05) is 6.61 Å². The molecule has 3 rings (SSSR count). The minimum Gasteiger partial charge on any atom is -0.493 e. The Balaban J connectivity index is 1.67. The van der Waals surface area contributed by atoms with Gasteiger partial charge in [-0.2, -0.15) is 0 Å². The third-order valence-corrected chi connectivity index (χ3v) is 4.16. The molecule has 0 unspecified atom stereocenters. The number of nitrogens with one attached hydrogen (secondary N) is 1. The molecule has 1 heterocycles. The molecule has 1 aliphatic heterocycles. The number of aryl methyl sites for hydroxylation is 1. The van der Waals surface area contributed by atoms with Gasteiger partial charge in [0.2, 0.25) is 0 Å². The molecular weight excluding hydrogens is 333 g/mol. The van der Waals surface area contributed by atoms with Gasteiger partial charge in [-0.15, -0.1) is 0 Å². The molecule has 0 amide bonds. The van der Waals surface area contributed by atoms with Crippen molar-refractivity contribution >= 4 is 15.9 Å². The lowest BCUT2D eigenvalue weighted by Gasteiger charge is -2.11. The van der Waals surface area contributed by atoms with Crippen LogP contribution in [0.5, 0.6) is 5.75 Å². The molecule has 1 N–H and O–H groups in total.